The number of carbonyl (C=O) groups is 1. The molecule has 0 atom stereocenters. The van der Waals surface area contributed by atoms with E-state index in [1.54, 1.807) is 0 Å². The van der Waals surface area contributed by atoms with Crippen LogP contribution in [0.2, 0.25) is 0 Å². The van der Waals surface area contributed by atoms with Crippen LogP contribution in [0.1, 0.15) is 10.4 Å². The topological polar surface area (TPSA) is 59.4 Å². The standard InChI is InChI=1S/C7H4F3NO3/c8-7(9,10)14-5-3-11-2-1-4(5)6(12)13/h1-3H,(H,12,13). The fourth-order valence-electron chi connectivity index (χ4n) is 0.763. The van der Waals surface area contributed by atoms with Crippen LogP contribution >= 0.6 is 0 Å². The number of aromatic nitrogens is 1. The Morgan fingerprint density at radius 2 is 2.14 bits per heavy atom. The molecule has 1 rings (SSSR count). The summed E-state index contributed by atoms with van der Waals surface area (Å²) < 4.78 is 38.7. The van der Waals surface area contributed by atoms with Crippen molar-refractivity contribution in [3.8, 4) is 5.75 Å². The van der Waals surface area contributed by atoms with Crippen molar-refractivity contribution in [2.45, 2.75) is 6.36 Å². The number of pyridine rings is 1. The molecule has 1 aromatic rings. The normalized spacial score (nSPS) is 11.1. The fourth-order valence-corrected chi connectivity index (χ4v) is 0.763. The van der Waals surface area contributed by atoms with E-state index in [0.29, 0.717) is 6.20 Å². The fraction of sp³-hybridized carbons (Fsp3) is 0.143. The number of rotatable bonds is 2. The third-order valence-electron chi connectivity index (χ3n) is 1.24. The summed E-state index contributed by atoms with van der Waals surface area (Å²) in [4.78, 5) is 13.8. The highest BCUT2D eigenvalue weighted by Crippen LogP contribution is 2.25. The van der Waals surface area contributed by atoms with Crippen LogP contribution in [0.4, 0.5) is 13.2 Å². The summed E-state index contributed by atoms with van der Waals surface area (Å²) in [6.45, 7) is 0. The van der Waals surface area contributed by atoms with E-state index >= 15 is 0 Å². The lowest BCUT2D eigenvalue weighted by Gasteiger charge is -2.09. The van der Waals surface area contributed by atoms with Gasteiger partial charge in [0.25, 0.3) is 0 Å². The minimum absolute atomic E-state index is 0.586. The number of aromatic carboxylic acids is 1. The van der Waals surface area contributed by atoms with Crippen molar-refractivity contribution in [1.82, 2.24) is 4.98 Å². The molecule has 0 amide bonds. The van der Waals surface area contributed by atoms with Gasteiger partial charge in [-0.2, -0.15) is 0 Å². The van der Waals surface area contributed by atoms with Crippen molar-refractivity contribution >= 4 is 5.97 Å². The zero-order valence-corrected chi connectivity index (χ0v) is 6.58. The first-order chi connectivity index (χ1) is 6.40. The largest absolute Gasteiger partial charge is 0.573 e. The van der Waals surface area contributed by atoms with Crippen LogP contribution in [0.25, 0.3) is 0 Å². The highest BCUT2D eigenvalue weighted by Gasteiger charge is 2.33. The second kappa shape index (κ2) is 3.52. The number of nitrogens with zero attached hydrogens (tertiary/aromatic N) is 1. The molecule has 76 valence electrons. The second-order valence-corrected chi connectivity index (χ2v) is 2.22. The molecule has 0 saturated carbocycles. The predicted molar refractivity (Wildman–Crippen MR) is 37.9 cm³/mol. The maximum Gasteiger partial charge on any atom is 0.573 e. The van der Waals surface area contributed by atoms with Gasteiger partial charge < -0.3 is 9.84 Å². The van der Waals surface area contributed by atoms with Gasteiger partial charge in [-0.05, 0) is 6.07 Å². The zero-order valence-electron chi connectivity index (χ0n) is 6.58. The van der Waals surface area contributed by atoms with Gasteiger partial charge in [-0.3, -0.25) is 4.98 Å². The third kappa shape index (κ3) is 2.61. The van der Waals surface area contributed by atoms with E-state index in [2.05, 4.69) is 9.72 Å². The summed E-state index contributed by atoms with van der Waals surface area (Å²) >= 11 is 0. The first-order valence-electron chi connectivity index (χ1n) is 3.33. The Bertz CT molecular complexity index is 350. The molecule has 0 radical (unpaired) electrons. The highest BCUT2D eigenvalue weighted by atomic mass is 19.4. The molecule has 0 saturated heterocycles. The Hall–Kier alpha value is -1.79. The Balaban J connectivity index is 3.02. The Morgan fingerprint density at radius 3 is 2.64 bits per heavy atom. The van der Waals surface area contributed by atoms with E-state index in [1.807, 2.05) is 0 Å². The lowest BCUT2D eigenvalue weighted by atomic mass is 10.2. The predicted octanol–water partition coefficient (Wildman–Crippen LogP) is 1.68. The molecule has 0 fully saturated rings. The first-order valence-corrected chi connectivity index (χ1v) is 3.33. The van der Waals surface area contributed by atoms with E-state index in [-0.39, 0.29) is 0 Å². The molecule has 14 heavy (non-hydrogen) atoms. The quantitative estimate of drug-likeness (QED) is 0.801. The third-order valence-corrected chi connectivity index (χ3v) is 1.24. The van der Waals surface area contributed by atoms with Crippen LogP contribution in [-0.4, -0.2) is 22.4 Å². The SMILES string of the molecule is O=C(O)c1ccncc1OC(F)(F)F. The van der Waals surface area contributed by atoms with Crippen LogP contribution in [0.15, 0.2) is 18.5 Å². The molecule has 1 aromatic heterocycles. The minimum Gasteiger partial charge on any atom is -0.478 e. The Kier molecular flexibility index (Phi) is 2.59. The van der Waals surface area contributed by atoms with E-state index in [0.717, 1.165) is 12.3 Å². The maximum absolute atomic E-state index is 11.7. The van der Waals surface area contributed by atoms with Crippen molar-refractivity contribution < 1.29 is 27.8 Å². The summed E-state index contributed by atoms with van der Waals surface area (Å²) in [6.07, 6.45) is -3.17. The molecular weight excluding hydrogens is 203 g/mol. The van der Waals surface area contributed by atoms with Crippen LogP contribution < -0.4 is 4.74 Å². The first kappa shape index (κ1) is 10.3. The molecule has 0 bridgehead atoms. The van der Waals surface area contributed by atoms with E-state index in [4.69, 9.17) is 5.11 Å². The number of carboxylic acids is 1. The summed E-state index contributed by atoms with van der Waals surface area (Å²) in [6, 6.07) is 0.920. The average Bonchev–Trinajstić information content (AvgIpc) is 2.01. The van der Waals surface area contributed by atoms with E-state index in [9.17, 15) is 18.0 Å². The second-order valence-electron chi connectivity index (χ2n) is 2.22. The molecule has 7 heteroatoms. The Labute approximate surface area is 75.9 Å². The van der Waals surface area contributed by atoms with Gasteiger partial charge in [0.15, 0.2) is 5.75 Å². The molecule has 4 nitrogen and oxygen atoms in total. The number of carboxylic acid groups (broad SMARTS) is 1. The van der Waals surface area contributed by atoms with Gasteiger partial charge in [0.1, 0.15) is 5.56 Å². The summed E-state index contributed by atoms with van der Waals surface area (Å²) in [5.41, 5.74) is -0.586. The highest BCUT2D eigenvalue weighted by molar-refractivity contribution is 5.90. The summed E-state index contributed by atoms with van der Waals surface area (Å²) in [5, 5.41) is 8.49. The molecule has 0 spiro atoms. The summed E-state index contributed by atoms with van der Waals surface area (Å²) in [5.74, 6) is -2.33. The van der Waals surface area contributed by atoms with E-state index in [1.165, 1.54) is 0 Å². The lowest BCUT2D eigenvalue weighted by Crippen LogP contribution is -2.19. The molecule has 0 aromatic carbocycles. The van der Waals surface area contributed by atoms with Crippen molar-refractivity contribution in [2.75, 3.05) is 0 Å². The van der Waals surface area contributed by atoms with Gasteiger partial charge in [0.2, 0.25) is 0 Å². The van der Waals surface area contributed by atoms with Gasteiger partial charge in [0.05, 0.1) is 6.20 Å². The van der Waals surface area contributed by atoms with Crippen LogP contribution in [0, 0.1) is 0 Å². The molecular formula is C7H4F3NO3. The molecule has 1 N–H and O–H groups in total. The number of halogens is 3. The molecule has 0 aliphatic carbocycles. The van der Waals surface area contributed by atoms with Gasteiger partial charge in [-0.1, -0.05) is 0 Å². The molecule has 0 aliphatic heterocycles. The van der Waals surface area contributed by atoms with Gasteiger partial charge in [-0.25, -0.2) is 4.79 Å². The number of alkyl halides is 3. The zero-order chi connectivity index (χ0) is 10.8. The lowest BCUT2D eigenvalue weighted by molar-refractivity contribution is -0.274. The van der Waals surface area contributed by atoms with Crippen molar-refractivity contribution in [2.24, 2.45) is 0 Å². The smallest absolute Gasteiger partial charge is 0.478 e. The van der Waals surface area contributed by atoms with Crippen LogP contribution in [-0.2, 0) is 0 Å². The molecule has 0 unspecified atom stereocenters. The molecule has 1 heterocycles. The number of hydrogen-bond donors (Lipinski definition) is 1. The van der Waals surface area contributed by atoms with Gasteiger partial charge in [-0.15, -0.1) is 13.2 Å². The van der Waals surface area contributed by atoms with Crippen LogP contribution in [0.3, 0.4) is 0 Å². The van der Waals surface area contributed by atoms with Gasteiger partial charge in [0, 0.05) is 6.20 Å². The van der Waals surface area contributed by atoms with Crippen LogP contribution in [0.5, 0.6) is 5.75 Å². The van der Waals surface area contributed by atoms with Crippen molar-refractivity contribution in [3.05, 3.63) is 24.0 Å². The summed E-state index contributed by atoms with van der Waals surface area (Å²) in [7, 11) is 0. The Morgan fingerprint density at radius 1 is 1.50 bits per heavy atom. The monoisotopic (exact) mass is 207 g/mol. The molecule has 0 aliphatic rings. The van der Waals surface area contributed by atoms with Crippen molar-refractivity contribution in [1.29, 1.82) is 0 Å². The average molecular weight is 207 g/mol. The van der Waals surface area contributed by atoms with Gasteiger partial charge >= 0.3 is 12.3 Å². The number of hydrogen-bond acceptors (Lipinski definition) is 3. The number of ether oxygens (including phenoxy) is 1. The minimum atomic E-state index is -4.92. The maximum atomic E-state index is 11.7. The van der Waals surface area contributed by atoms with Crippen molar-refractivity contribution in [3.63, 3.8) is 0 Å². The van der Waals surface area contributed by atoms with E-state index < -0.39 is 23.6 Å².